The summed E-state index contributed by atoms with van der Waals surface area (Å²) in [7, 11) is 0. The van der Waals surface area contributed by atoms with Crippen molar-refractivity contribution in [2.45, 2.75) is 31.3 Å². The van der Waals surface area contributed by atoms with Gasteiger partial charge in [-0.15, -0.1) is 16.4 Å². The highest BCUT2D eigenvalue weighted by Crippen LogP contribution is 2.44. The maximum atomic E-state index is 15.3. The monoisotopic (exact) mass is 532 g/mol. The van der Waals surface area contributed by atoms with E-state index in [1.165, 1.54) is 23.2 Å². The van der Waals surface area contributed by atoms with E-state index in [-0.39, 0.29) is 28.6 Å². The molecule has 184 valence electrons. The first-order valence-corrected chi connectivity index (χ1v) is 13.0. The average Bonchev–Trinajstić information content (AvgIpc) is 3.71. The van der Waals surface area contributed by atoms with Gasteiger partial charge in [0.25, 0.3) is 0 Å². The van der Waals surface area contributed by atoms with Gasteiger partial charge in [-0.2, -0.15) is 4.68 Å². The zero-order valence-corrected chi connectivity index (χ0v) is 20.7. The highest BCUT2D eigenvalue weighted by molar-refractivity contribution is 7.17. The molecule has 2 atom stereocenters. The van der Waals surface area contributed by atoms with Gasteiger partial charge >= 0.3 is 0 Å². The van der Waals surface area contributed by atoms with Gasteiger partial charge in [0, 0.05) is 29.4 Å². The molecule has 0 radical (unpaired) electrons. The summed E-state index contributed by atoms with van der Waals surface area (Å²) in [6, 6.07) is 6.80. The number of thiophene rings is 1. The molecule has 2 aliphatic rings. The number of imidazole rings is 1. The van der Waals surface area contributed by atoms with Gasteiger partial charge in [0.05, 0.1) is 38.9 Å². The van der Waals surface area contributed by atoms with E-state index < -0.39 is 5.82 Å². The van der Waals surface area contributed by atoms with Gasteiger partial charge < -0.3 is 9.88 Å². The van der Waals surface area contributed by atoms with Crippen LogP contribution < -0.4 is 0 Å². The smallest absolute Gasteiger partial charge is 0.247 e. The van der Waals surface area contributed by atoms with Gasteiger partial charge in [0.2, 0.25) is 5.91 Å². The van der Waals surface area contributed by atoms with Crippen molar-refractivity contribution >= 4 is 44.6 Å². The Morgan fingerprint density at radius 3 is 2.95 bits per heavy atom. The highest BCUT2D eigenvalue weighted by Gasteiger charge is 2.42. The fraction of sp³-hybridized carbons (Fsp3) is 0.200. The molecule has 1 fully saturated rings. The van der Waals surface area contributed by atoms with Crippen LogP contribution in [0.3, 0.4) is 0 Å². The number of aromatic amines is 1. The number of fused-ring (bicyclic) bond motifs is 2. The summed E-state index contributed by atoms with van der Waals surface area (Å²) in [6.07, 6.45) is 8.50. The molecule has 4 aromatic heterocycles. The first-order chi connectivity index (χ1) is 18.1. The Kier molecular flexibility index (Phi) is 5.15. The van der Waals surface area contributed by atoms with Crippen LogP contribution in [0, 0.1) is 5.82 Å². The SMILES string of the molecule is O=C1C=C(c2c(-n3cnnn3)ccc(Cl)c2F)CC2CC[C@@H](c3ncc(-c4ccnc5ccsc45)[nH]3)N12. The van der Waals surface area contributed by atoms with Gasteiger partial charge in [0.15, 0.2) is 5.82 Å². The molecular formula is C25H18ClFN8OS. The highest BCUT2D eigenvalue weighted by atomic mass is 35.5. The van der Waals surface area contributed by atoms with Gasteiger partial charge in [-0.05, 0) is 64.9 Å². The number of aromatic nitrogens is 7. The molecule has 0 spiro atoms. The second-order valence-corrected chi connectivity index (χ2v) is 10.4. The number of nitrogens with one attached hydrogen (secondary N) is 1. The number of rotatable bonds is 4. The van der Waals surface area contributed by atoms with Gasteiger partial charge in [-0.3, -0.25) is 9.78 Å². The van der Waals surface area contributed by atoms with Crippen LogP contribution in [0.4, 0.5) is 4.39 Å². The van der Waals surface area contributed by atoms with Crippen LogP contribution in [0.5, 0.6) is 0 Å². The number of halogens is 2. The first-order valence-electron chi connectivity index (χ1n) is 11.7. The molecule has 7 rings (SSSR count). The molecule has 0 aliphatic carbocycles. The largest absolute Gasteiger partial charge is 0.340 e. The van der Waals surface area contributed by atoms with Crippen LogP contribution in [0.2, 0.25) is 5.02 Å². The Labute approximate surface area is 218 Å². The van der Waals surface area contributed by atoms with E-state index in [9.17, 15) is 4.79 Å². The Morgan fingerprint density at radius 2 is 2.08 bits per heavy atom. The van der Waals surface area contributed by atoms with Crippen LogP contribution in [-0.2, 0) is 4.79 Å². The minimum Gasteiger partial charge on any atom is -0.340 e. The van der Waals surface area contributed by atoms with E-state index in [1.807, 2.05) is 28.6 Å². The third kappa shape index (κ3) is 3.57. The van der Waals surface area contributed by atoms with Gasteiger partial charge in [0.1, 0.15) is 12.2 Å². The second-order valence-electron chi connectivity index (χ2n) is 9.05. The Morgan fingerprint density at radius 1 is 1.16 bits per heavy atom. The molecule has 1 saturated heterocycles. The van der Waals surface area contributed by atoms with Crippen molar-refractivity contribution in [3.63, 3.8) is 0 Å². The summed E-state index contributed by atoms with van der Waals surface area (Å²) in [5.41, 5.74) is 4.12. The maximum absolute atomic E-state index is 15.3. The van der Waals surface area contributed by atoms with Crippen molar-refractivity contribution in [1.29, 1.82) is 0 Å². The number of tetrazole rings is 1. The number of nitrogens with zero attached hydrogens (tertiary/aromatic N) is 7. The lowest BCUT2D eigenvalue weighted by atomic mass is 9.92. The van der Waals surface area contributed by atoms with Gasteiger partial charge in [-0.25, -0.2) is 9.37 Å². The summed E-state index contributed by atoms with van der Waals surface area (Å²) in [6.45, 7) is 0. The van der Waals surface area contributed by atoms with Crippen LogP contribution in [0.15, 0.2) is 54.4 Å². The van der Waals surface area contributed by atoms with Crippen LogP contribution in [0.25, 0.3) is 32.7 Å². The molecule has 5 aromatic rings. The van der Waals surface area contributed by atoms with Crippen LogP contribution in [0.1, 0.15) is 36.7 Å². The summed E-state index contributed by atoms with van der Waals surface area (Å²) < 4.78 is 17.8. The zero-order valence-electron chi connectivity index (χ0n) is 19.2. The van der Waals surface area contributed by atoms with Crippen LogP contribution >= 0.6 is 22.9 Å². The van der Waals surface area contributed by atoms with Crippen molar-refractivity contribution in [2.24, 2.45) is 0 Å². The van der Waals surface area contributed by atoms with E-state index in [1.54, 1.807) is 23.6 Å². The minimum atomic E-state index is -0.593. The molecule has 37 heavy (non-hydrogen) atoms. The summed E-state index contributed by atoms with van der Waals surface area (Å²) in [4.78, 5) is 27.8. The lowest BCUT2D eigenvalue weighted by Crippen LogP contribution is -2.39. The molecule has 6 heterocycles. The molecule has 1 amide bonds. The fourth-order valence-electron chi connectivity index (χ4n) is 5.43. The molecule has 0 bridgehead atoms. The van der Waals surface area contributed by atoms with E-state index >= 15 is 4.39 Å². The van der Waals surface area contributed by atoms with E-state index in [0.29, 0.717) is 17.7 Å². The van der Waals surface area contributed by atoms with Crippen molar-refractivity contribution in [3.05, 3.63) is 76.7 Å². The predicted molar refractivity (Wildman–Crippen MR) is 137 cm³/mol. The Bertz CT molecular complexity index is 1690. The minimum absolute atomic E-state index is 0.0222. The molecule has 1 N–H and O–H groups in total. The number of benzene rings is 1. The lowest BCUT2D eigenvalue weighted by molar-refractivity contribution is -0.129. The molecule has 12 heteroatoms. The Balaban J connectivity index is 1.23. The number of pyridine rings is 1. The van der Waals surface area contributed by atoms with E-state index in [2.05, 4.69) is 30.5 Å². The second kappa shape index (κ2) is 8.56. The van der Waals surface area contributed by atoms with E-state index in [4.69, 9.17) is 11.6 Å². The summed E-state index contributed by atoms with van der Waals surface area (Å²) >= 11 is 7.76. The number of H-pyrrole nitrogens is 1. The Hall–Kier alpha value is -3.96. The summed E-state index contributed by atoms with van der Waals surface area (Å²) in [5.74, 6) is -0.0320. The lowest BCUT2D eigenvalue weighted by Gasteiger charge is -2.33. The molecule has 9 nitrogen and oxygen atoms in total. The predicted octanol–water partition coefficient (Wildman–Crippen LogP) is 4.97. The number of amides is 1. The van der Waals surface area contributed by atoms with Crippen LogP contribution in [-0.4, -0.2) is 52.0 Å². The summed E-state index contributed by atoms with van der Waals surface area (Å²) in [5, 5.41) is 13.2. The third-order valence-corrected chi connectivity index (χ3v) is 8.27. The van der Waals surface area contributed by atoms with Crippen molar-refractivity contribution in [3.8, 4) is 16.9 Å². The standard InChI is InChI=1S/C25H18ClFN8OS/c26-16-2-4-19(34-12-30-32-33-34)22(23(16)27)13-9-14-1-3-20(35(14)21(36)10-13)25-29-11-18(31-25)15-5-7-28-17-6-8-37-24(15)17/h2,4-8,10-12,14,20H,1,3,9H2,(H,29,31)/t14?,20-/m0/s1. The average molecular weight is 533 g/mol. The van der Waals surface area contributed by atoms with Crippen molar-refractivity contribution < 1.29 is 9.18 Å². The molecule has 1 unspecified atom stereocenters. The fourth-order valence-corrected chi connectivity index (χ4v) is 6.47. The maximum Gasteiger partial charge on any atom is 0.247 e. The molecule has 0 saturated carbocycles. The van der Waals surface area contributed by atoms with Crippen molar-refractivity contribution in [1.82, 2.24) is 40.1 Å². The van der Waals surface area contributed by atoms with Crippen molar-refractivity contribution in [2.75, 3.05) is 0 Å². The van der Waals surface area contributed by atoms with E-state index in [0.717, 1.165) is 40.1 Å². The number of carbonyl (C=O) groups is 1. The van der Waals surface area contributed by atoms with Gasteiger partial charge in [-0.1, -0.05) is 11.6 Å². The number of hydrogen-bond acceptors (Lipinski definition) is 7. The normalized spacial score (nSPS) is 19.5. The quantitative estimate of drug-likeness (QED) is 0.350. The zero-order chi connectivity index (χ0) is 25.1. The molecule has 2 aliphatic heterocycles. The number of carbonyl (C=O) groups excluding carboxylic acids is 1. The molecular weight excluding hydrogens is 515 g/mol. The first kappa shape index (κ1) is 22.3. The number of hydrogen-bond donors (Lipinski definition) is 1. The topological polar surface area (TPSA) is 105 Å². The third-order valence-electron chi connectivity index (χ3n) is 7.05. The molecule has 1 aromatic carbocycles.